The molecule has 0 radical (unpaired) electrons. The molecule has 0 spiro atoms. The Kier molecular flexibility index (Phi) is 5.66. The second kappa shape index (κ2) is 8.79. The van der Waals surface area contributed by atoms with E-state index in [0.717, 1.165) is 21.3 Å². The van der Waals surface area contributed by atoms with E-state index < -0.39 is 5.69 Å². The fourth-order valence-corrected chi connectivity index (χ4v) is 4.53. The molecule has 0 N–H and O–H groups in total. The summed E-state index contributed by atoms with van der Waals surface area (Å²) in [4.78, 5) is 30.2. The minimum atomic E-state index is -0.418. The van der Waals surface area contributed by atoms with Crippen LogP contribution in [0.4, 0.5) is 0 Å². The summed E-state index contributed by atoms with van der Waals surface area (Å²) >= 11 is 1.38. The van der Waals surface area contributed by atoms with Crippen LogP contribution in [0.3, 0.4) is 0 Å². The molecule has 0 saturated carbocycles. The van der Waals surface area contributed by atoms with E-state index in [1.165, 1.54) is 23.4 Å². The van der Waals surface area contributed by atoms with Gasteiger partial charge in [-0.2, -0.15) is 0 Å². The molecule has 172 valence electrons. The van der Waals surface area contributed by atoms with Gasteiger partial charge in [-0.1, -0.05) is 59.8 Å². The Morgan fingerprint density at radius 2 is 1.68 bits per heavy atom. The van der Waals surface area contributed by atoms with Gasteiger partial charge in [0.15, 0.2) is 16.3 Å². The third-order valence-electron chi connectivity index (χ3n) is 5.59. The SMILES string of the molecule is Cc1ccc(Cn2c(SCc3nnc(-c4ccccc4)o3)nc3c2c(=O)n(C)c(=O)n3C)cc1. The summed E-state index contributed by atoms with van der Waals surface area (Å²) in [5.74, 6) is 1.26. The lowest BCUT2D eigenvalue weighted by molar-refractivity contribution is 0.528. The average molecular weight is 475 g/mol. The van der Waals surface area contributed by atoms with Crippen molar-refractivity contribution in [1.29, 1.82) is 0 Å². The number of imidazole rings is 1. The maximum Gasteiger partial charge on any atom is 0.332 e. The van der Waals surface area contributed by atoms with Crippen LogP contribution in [0.2, 0.25) is 0 Å². The van der Waals surface area contributed by atoms with E-state index in [-0.39, 0.29) is 5.56 Å². The van der Waals surface area contributed by atoms with E-state index in [0.29, 0.717) is 40.4 Å². The Balaban J connectivity index is 1.53. The van der Waals surface area contributed by atoms with Crippen LogP contribution in [-0.2, 0) is 26.4 Å². The summed E-state index contributed by atoms with van der Waals surface area (Å²) in [6, 6.07) is 17.6. The van der Waals surface area contributed by atoms with Crippen LogP contribution in [-0.4, -0.2) is 28.9 Å². The van der Waals surface area contributed by atoms with Crippen LogP contribution in [0.1, 0.15) is 17.0 Å². The first-order valence-corrected chi connectivity index (χ1v) is 11.6. The third-order valence-corrected chi connectivity index (χ3v) is 6.55. The van der Waals surface area contributed by atoms with E-state index >= 15 is 0 Å². The molecule has 34 heavy (non-hydrogen) atoms. The zero-order valence-corrected chi connectivity index (χ0v) is 19.7. The highest BCUT2D eigenvalue weighted by molar-refractivity contribution is 7.98. The molecule has 5 rings (SSSR count). The fourth-order valence-electron chi connectivity index (χ4n) is 3.70. The highest BCUT2D eigenvalue weighted by atomic mass is 32.2. The Hall–Kier alpha value is -3.92. The van der Waals surface area contributed by atoms with Gasteiger partial charge >= 0.3 is 5.69 Å². The number of hydrogen-bond donors (Lipinski definition) is 0. The monoisotopic (exact) mass is 474 g/mol. The summed E-state index contributed by atoms with van der Waals surface area (Å²) < 4.78 is 10.2. The zero-order valence-electron chi connectivity index (χ0n) is 18.9. The average Bonchev–Trinajstić information content (AvgIpc) is 3.47. The summed E-state index contributed by atoms with van der Waals surface area (Å²) in [6.45, 7) is 2.46. The molecule has 10 heteroatoms. The third kappa shape index (κ3) is 3.96. The molecule has 9 nitrogen and oxygen atoms in total. The van der Waals surface area contributed by atoms with Gasteiger partial charge < -0.3 is 8.98 Å². The Morgan fingerprint density at radius 1 is 0.941 bits per heavy atom. The van der Waals surface area contributed by atoms with Gasteiger partial charge in [0, 0.05) is 19.7 Å². The van der Waals surface area contributed by atoms with Crippen molar-refractivity contribution >= 4 is 22.9 Å². The van der Waals surface area contributed by atoms with Crippen molar-refractivity contribution in [2.24, 2.45) is 14.1 Å². The molecule has 2 aromatic carbocycles. The van der Waals surface area contributed by atoms with Crippen LogP contribution in [0.5, 0.6) is 0 Å². The first-order chi connectivity index (χ1) is 16.4. The number of aryl methyl sites for hydroxylation is 2. The highest BCUT2D eigenvalue weighted by Crippen LogP contribution is 2.27. The molecule has 0 aliphatic rings. The maximum atomic E-state index is 13.1. The van der Waals surface area contributed by atoms with Crippen LogP contribution >= 0.6 is 11.8 Å². The first kappa shape index (κ1) is 21.9. The summed E-state index contributed by atoms with van der Waals surface area (Å²) in [5, 5.41) is 8.88. The molecule has 3 heterocycles. The van der Waals surface area contributed by atoms with E-state index in [2.05, 4.69) is 15.2 Å². The molecule has 0 saturated heterocycles. The molecular weight excluding hydrogens is 452 g/mol. The maximum absolute atomic E-state index is 13.1. The molecule has 0 bridgehead atoms. The number of thioether (sulfide) groups is 1. The summed E-state index contributed by atoms with van der Waals surface area (Å²) in [6.07, 6.45) is 0. The lowest BCUT2D eigenvalue weighted by Gasteiger charge is -2.09. The van der Waals surface area contributed by atoms with Gasteiger partial charge in [-0.3, -0.25) is 13.9 Å². The number of nitrogens with zero attached hydrogens (tertiary/aromatic N) is 6. The van der Waals surface area contributed by atoms with Gasteiger partial charge in [-0.15, -0.1) is 10.2 Å². The number of benzene rings is 2. The predicted octanol–water partition coefficient (Wildman–Crippen LogP) is 3.13. The Bertz CT molecular complexity index is 1600. The van der Waals surface area contributed by atoms with Gasteiger partial charge in [0.25, 0.3) is 5.56 Å². The molecule has 3 aromatic heterocycles. The van der Waals surface area contributed by atoms with Crippen molar-refractivity contribution in [3.8, 4) is 11.5 Å². The highest BCUT2D eigenvalue weighted by Gasteiger charge is 2.20. The Labute approximate surface area is 198 Å². The van der Waals surface area contributed by atoms with Gasteiger partial charge in [-0.05, 0) is 24.6 Å². The fraction of sp³-hybridized carbons (Fsp3) is 0.208. The molecule has 0 amide bonds. The minimum absolute atomic E-state index is 0.346. The lowest BCUT2D eigenvalue weighted by atomic mass is 10.1. The van der Waals surface area contributed by atoms with Crippen molar-refractivity contribution in [3.63, 3.8) is 0 Å². The van der Waals surface area contributed by atoms with Crippen molar-refractivity contribution in [2.45, 2.75) is 24.4 Å². The molecule has 5 aromatic rings. The van der Waals surface area contributed by atoms with E-state index in [9.17, 15) is 9.59 Å². The van der Waals surface area contributed by atoms with Crippen LogP contribution in [0, 0.1) is 6.92 Å². The van der Waals surface area contributed by atoms with Crippen molar-refractivity contribution < 1.29 is 4.42 Å². The van der Waals surface area contributed by atoms with Crippen LogP contribution in [0.25, 0.3) is 22.6 Å². The molecule has 0 aliphatic heterocycles. The predicted molar refractivity (Wildman–Crippen MR) is 130 cm³/mol. The lowest BCUT2D eigenvalue weighted by Crippen LogP contribution is -2.37. The van der Waals surface area contributed by atoms with E-state index in [1.54, 1.807) is 7.05 Å². The smallest absolute Gasteiger partial charge is 0.332 e. The second-order valence-corrected chi connectivity index (χ2v) is 8.94. The van der Waals surface area contributed by atoms with Crippen molar-refractivity contribution in [2.75, 3.05) is 0 Å². The molecule has 0 unspecified atom stereocenters. The summed E-state index contributed by atoms with van der Waals surface area (Å²) in [7, 11) is 3.09. The normalized spacial score (nSPS) is 11.4. The standard InChI is InChI=1S/C24H22N6O3S/c1-15-9-11-16(12-10-15)13-30-19-20(28(2)24(32)29(3)22(19)31)25-23(30)34-14-18-26-27-21(33-18)17-7-5-4-6-8-17/h4-12H,13-14H2,1-3H3. The van der Waals surface area contributed by atoms with E-state index in [4.69, 9.17) is 4.42 Å². The van der Waals surface area contributed by atoms with Gasteiger partial charge in [0.1, 0.15) is 0 Å². The molecule has 0 atom stereocenters. The molecule has 0 fully saturated rings. The second-order valence-electron chi connectivity index (χ2n) is 8.00. The number of fused-ring (bicyclic) bond motifs is 1. The molecular formula is C24H22N6O3S. The molecule has 0 aliphatic carbocycles. The van der Waals surface area contributed by atoms with Crippen LogP contribution < -0.4 is 11.2 Å². The minimum Gasteiger partial charge on any atom is -0.420 e. The van der Waals surface area contributed by atoms with Crippen molar-refractivity contribution in [3.05, 3.63) is 92.5 Å². The number of aromatic nitrogens is 6. The quantitative estimate of drug-likeness (QED) is 0.349. The zero-order chi connectivity index (χ0) is 23.8. The van der Waals surface area contributed by atoms with E-state index in [1.807, 2.05) is 66.1 Å². The Morgan fingerprint density at radius 3 is 2.41 bits per heavy atom. The first-order valence-electron chi connectivity index (χ1n) is 10.6. The largest absolute Gasteiger partial charge is 0.420 e. The summed E-state index contributed by atoms with van der Waals surface area (Å²) in [5.41, 5.74) is 2.94. The van der Waals surface area contributed by atoms with Gasteiger partial charge in [0.2, 0.25) is 11.8 Å². The van der Waals surface area contributed by atoms with Crippen molar-refractivity contribution in [1.82, 2.24) is 28.9 Å². The van der Waals surface area contributed by atoms with Gasteiger partial charge in [0.05, 0.1) is 12.3 Å². The van der Waals surface area contributed by atoms with Gasteiger partial charge in [-0.25, -0.2) is 9.78 Å². The number of rotatable bonds is 6. The number of hydrogen-bond acceptors (Lipinski definition) is 7. The topological polar surface area (TPSA) is 101 Å². The van der Waals surface area contributed by atoms with Crippen LogP contribution in [0.15, 0.2) is 73.8 Å².